The molecule has 2 rings (SSSR count). The van der Waals surface area contributed by atoms with Gasteiger partial charge in [0.15, 0.2) is 6.61 Å². The normalized spacial score (nSPS) is 12.5. The van der Waals surface area contributed by atoms with E-state index in [1.165, 1.54) is 5.56 Å². The summed E-state index contributed by atoms with van der Waals surface area (Å²) in [6, 6.07) is 16.0. The molecule has 24 heavy (non-hydrogen) atoms. The van der Waals surface area contributed by atoms with Crippen molar-refractivity contribution in [1.29, 1.82) is 0 Å². The highest BCUT2D eigenvalue weighted by Gasteiger charge is 2.15. The first-order chi connectivity index (χ1) is 11.3. The summed E-state index contributed by atoms with van der Waals surface area (Å²) >= 11 is 2.23. The lowest BCUT2D eigenvalue weighted by atomic mass is 9.86. The number of hydrogen-bond donors (Lipinski definition) is 1. The third-order valence-electron chi connectivity index (χ3n) is 3.84. The van der Waals surface area contributed by atoms with Gasteiger partial charge < -0.3 is 10.1 Å². The van der Waals surface area contributed by atoms with Gasteiger partial charge in [0.1, 0.15) is 5.75 Å². The van der Waals surface area contributed by atoms with Crippen LogP contribution in [-0.2, 0) is 10.2 Å². The predicted molar refractivity (Wildman–Crippen MR) is 106 cm³/mol. The van der Waals surface area contributed by atoms with E-state index in [9.17, 15) is 4.79 Å². The Hall–Kier alpha value is -1.56. The number of ether oxygens (including phenoxy) is 1. The van der Waals surface area contributed by atoms with Crippen molar-refractivity contribution < 1.29 is 9.53 Å². The van der Waals surface area contributed by atoms with Crippen molar-refractivity contribution in [3.63, 3.8) is 0 Å². The molecule has 0 heterocycles. The fourth-order valence-electron chi connectivity index (χ4n) is 2.32. The summed E-state index contributed by atoms with van der Waals surface area (Å²) in [7, 11) is 0. The Morgan fingerprint density at radius 2 is 1.67 bits per heavy atom. The Kier molecular flexibility index (Phi) is 6.27. The van der Waals surface area contributed by atoms with Crippen molar-refractivity contribution in [2.75, 3.05) is 6.61 Å². The van der Waals surface area contributed by atoms with Gasteiger partial charge in [-0.2, -0.15) is 0 Å². The van der Waals surface area contributed by atoms with E-state index in [-0.39, 0.29) is 24.0 Å². The average Bonchev–Trinajstić information content (AvgIpc) is 2.53. The molecule has 0 bridgehead atoms. The van der Waals surface area contributed by atoms with Crippen molar-refractivity contribution in [2.24, 2.45) is 0 Å². The van der Waals surface area contributed by atoms with Gasteiger partial charge in [0.2, 0.25) is 0 Å². The highest BCUT2D eigenvalue weighted by atomic mass is 127. The van der Waals surface area contributed by atoms with E-state index in [4.69, 9.17) is 4.74 Å². The molecule has 0 aliphatic carbocycles. The number of hydrogen-bond acceptors (Lipinski definition) is 2. The van der Waals surface area contributed by atoms with Crippen LogP contribution in [0.5, 0.6) is 5.75 Å². The number of carbonyl (C=O) groups is 1. The van der Waals surface area contributed by atoms with Crippen LogP contribution in [0.1, 0.15) is 44.9 Å². The Morgan fingerprint density at radius 3 is 2.21 bits per heavy atom. The molecule has 0 radical (unpaired) electrons. The van der Waals surface area contributed by atoms with Crippen LogP contribution in [0.3, 0.4) is 0 Å². The largest absolute Gasteiger partial charge is 0.484 e. The van der Waals surface area contributed by atoms with E-state index in [2.05, 4.69) is 72.9 Å². The van der Waals surface area contributed by atoms with E-state index < -0.39 is 0 Å². The maximum absolute atomic E-state index is 12.1. The molecule has 4 heteroatoms. The summed E-state index contributed by atoms with van der Waals surface area (Å²) in [5.74, 6) is 0.577. The third kappa shape index (κ3) is 5.51. The first-order valence-electron chi connectivity index (χ1n) is 8.04. The maximum atomic E-state index is 12.1. The lowest BCUT2D eigenvalue weighted by Crippen LogP contribution is -2.31. The van der Waals surface area contributed by atoms with E-state index in [1.807, 2.05) is 31.2 Å². The fraction of sp³-hybridized carbons (Fsp3) is 0.350. The van der Waals surface area contributed by atoms with Crippen LogP contribution in [0.2, 0.25) is 0 Å². The van der Waals surface area contributed by atoms with Crippen molar-refractivity contribution >= 4 is 28.5 Å². The molecule has 0 spiro atoms. The van der Waals surface area contributed by atoms with Crippen LogP contribution >= 0.6 is 22.6 Å². The van der Waals surface area contributed by atoms with Crippen molar-refractivity contribution in [1.82, 2.24) is 5.32 Å². The minimum Gasteiger partial charge on any atom is -0.484 e. The monoisotopic (exact) mass is 437 g/mol. The van der Waals surface area contributed by atoms with Crippen LogP contribution < -0.4 is 10.1 Å². The second kappa shape index (κ2) is 8.01. The molecule has 0 saturated heterocycles. The molecule has 0 aliphatic heterocycles. The van der Waals surface area contributed by atoms with Gasteiger partial charge in [0, 0.05) is 3.57 Å². The van der Waals surface area contributed by atoms with Gasteiger partial charge in [-0.25, -0.2) is 0 Å². The highest BCUT2D eigenvalue weighted by Crippen LogP contribution is 2.23. The van der Waals surface area contributed by atoms with Crippen LogP contribution in [0, 0.1) is 3.57 Å². The molecule has 128 valence electrons. The number of halogens is 1. The Balaban J connectivity index is 1.88. The Bertz CT molecular complexity index is 672. The summed E-state index contributed by atoms with van der Waals surface area (Å²) in [5.41, 5.74) is 2.50. The zero-order chi connectivity index (χ0) is 17.7. The molecule has 1 atom stereocenters. The van der Waals surface area contributed by atoms with Crippen LogP contribution in [0.15, 0.2) is 48.5 Å². The standard InChI is InChI=1S/C20H24INO2/c1-14(15-5-7-16(8-6-15)20(2,3)4)22-19(23)13-24-18-11-9-17(21)10-12-18/h5-12,14H,13H2,1-4H3,(H,22,23)/t14-/m0/s1. The van der Waals surface area contributed by atoms with Crippen molar-refractivity contribution in [3.8, 4) is 5.75 Å². The molecule has 2 aromatic carbocycles. The predicted octanol–water partition coefficient (Wildman–Crippen LogP) is 4.84. The van der Waals surface area contributed by atoms with Gasteiger partial charge >= 0.3 is 0 Å². The minimum absolute atomic E-state index is 0.0189. The first kappa shape index (κ1) is 18.8. The lowest BCUT2D eigenvalue weighted by molar-refractivity contribution is -0.123. The highest BCUT2D eigenvalue weighted by molar-refractivity contribution is 14.1. The summed E-state index contributed by atoms with van der Waals surface area (Å²) < 4.78 is 6.64. The minimum atomic E-state index is -0.124. The van der Waals surface area contributed by atoms with E-state index in [0.29, 0.717) is 5.75 Å². The molecule has 0 unspecified atom stereocenters. The molecule has 0 saturated carbocycles. The van der Waals surface area contributed by atoms with Crippen LogP contribution in [0.4, 0.5) is 0 Å². The molecule has 3 nitrogen and oxygen atoms in total. The molecular formula is C20H24INO2. The number of amides is 1. The van der Waals surface area contributed by atoms with Gasteiger partial charge in [0.05, 0.1) is 6.04 Å². The van der Waals surface area contributed by atoms with Gasteiger partial charge in [-0.15, -0.1) is 0 Å². The van der Waals surface area contributed by atoms with E-state index in [1.54, 1.807) is 0 Å². The zero-order valence-corrected chi connectivity index (χ0v) is 16.8. The quantitative estimate of drug-likeness (QED) is 0.680. The number of benzene rings is 2. The molecule has 0 aliphatic rings. The summed E-state index contributed by atoms with van der Waals surface area (Å²) in [6.45, 7) is 8.57. The van der Waals surface area contributed by atoms with Gasteiger partial charge in [-0.3, -0.25) is 4.79 Å². The second-order valence-electron chi connectivity index (χ2n) is 6.90. The number of nitrogens with one attached hydrogen (secondary N) is 1. The zero-order valence-electron chi connectivity index (χ0n) is 14.6. The van der Waals surface area contributed by atoms with Crippen LogP contribution in [-0.4, -0.2) is 12.5 Å². The molecule has 0 fully saturated rings. The van der Waals surface area contributed by atoms with Gasteiger partial charge in [0.25, 0.3) is 5.91 Å². The van der Waals surface area contributed by atoms with Crippen molar-refractivity contribution in [3.05, 3.63) is 63.2 Å². The molecule has 1 N–H and O–H groups in total. The van der Waals surface area contributed by atoms with E-state index >= 15 is 0 Å². The topological polar surface area (TPSA) is 38.3 Å². The third-order valence-corrected chi connectivity index (χ3v) is 4.56. The van der Waals surface area contributed by atoms with Gasteiger partial charge in [-0.05, 0) is 70.3 Å². The second-order valence-corrected chi connectivity index (χ2v) is 8.15. The smallest absolute Gasteiger partial charge is 0.258 e. The SMILES string of the molecule is C[C@H](NC(=O)COc1ccc(I)cc1)c1ccc(C(C)(C)C)cc1. The molecule has 0 aromatic heterocycles. The molecule has 2 aromatic rings. The maximum Gasteiger partial charge on any atom is 0.258 e. The Labute approximate surface area is 157 Å². The van der Waals surface area contributed by atoms with Crippen LogP contribution in [0.25, 0.3) is 0 Å². The fourth-order valence-corrected chi connectivity index (χ4v) is 2.68. The summed E-state index contributed by atoms with van der Waals surface area (Å²) in [6.07, 6.45) is 0. The summed E-state index contributed by atoms with van der Waals surface area (Å²) in [4.78, 5) is 12.1. The van der Waals surface area contributed by atoms with Gasteiger partial charge in [-0.1, -0.05) is 45.0 Å². The number of carbonyl (C=O) groups excluding carboxylic acids is 1. The Morgan fingerprint density at radius 1 is 1.08 bits per heavy atom. The van der Waals surface area contributed by atoms with Crippen molar-refractivity contribution in [2.45, 2.75) is 39.2 Å². The lowest BCUT2D eigenvalue weighted by Gasteiger charge is -2.20. The summed E-state index contributed by atoms with van der Waals surface area (Å²) in [5, 5.41) is 2.97. The average molecular weight is 437 g/mol. The van der Waals surface area contributed by atoms with E-state index in [0.717, 1.165) is 9.13 Å². The molecule has 1 amide bonds. The number of rotatable bonds is 5. The molecular weight excluding hydrogens is 413 g/mol. The first-order valence-corrected chi connectivity index (χ1v) is 9.12.